The van der Waals surface area contributed by atoms with E-state index in [2.05, 4.69) is 42.2 Å². The molecule has 0 unspecified atom stereocenters. The number of fused-ring (bicyclic) bond motifs is 1. The van der Waals surface area contributed by atoms with E-state index in [4.69, 9.17) is 0 Å². The number of rotatable bonds is 5. The first-order chi connectivity index (χ1) is 12.9. The van der Waals surface area contributed by atoms with Crippen LogP contribution >= 0.6 is 31.9 Å². The number of carbonyl (C=O) groups excluding carboxylic acids is 2. The standard InChI is InChI=1S/C20H19Br2N3O2/c1-3-25(4-2)20(27)12-6-5-7-13(8-12)24-19(26)15-11-23-18-10-17(22)16(21)9-14(15)18/h5-11,23H,3-4H2,1-2H3,(H,24,26). The third-order valence-electron chi connectivity index (χ3n) is 4.39. The molecule has 3 aromatic rings. The van der Waals surface area contributed by atoms with Crippen molar-refractivity contribution in [1.29, 1.82) is 0 Å². The quantitative estimate of drug-likeness (QED) is 0.498. The Balaban J connectivity index is 1.86. The lowest BCUT2D eigenvalue weighted by Crippen LogP contribution is -2.30. The first-order valence-corrected chi connectivity index (χ1v) is 10.2. The lowest BCUT2D eigenvalue weighted by molar-refractivity contribution is 0.0772. The first-order valence-electron chi connectivity index (χ1n) is 8.61. The summed E-state index contributed by atoms with van der Waals surface area (Å²) in [5, 5.41) is 3.70. The van der Waals surface area contributed by atoms with Gasteiger partial charge in [-0.05, 0) is 76.0 Å². The Bertz CT molecular complexity index is 1010. The number of carbonyl (C=O) groups is 2. The second-order valence-corrected chi connectivity index (χ2v) is 7.74. The van der Waals surface area contributed by atoms with Crippen molar-refractivity contribution in [1.82, 2.24) is 9.88 Å². The predicted octanol–water partition coefficient (Wildman–Crippen LogP) is 5.43. The highest BCUT2D eigenvalue weighted by molar-refractivity contribution is 9.13. The second-order valence-electron chi connectivity index (χ2n) is 6.03. The van der Waals surface area contributed by atoms with Gasteiger partial charge in [-0.1, -0.05) is 6.07 Å². The summed E-state index contributed by atoms with van der Waals surface area (Å²) in [6.07, 6.45) is 1.68. The number of aromatic amines is 1. The Morgan fingerprint density at radius 1 is 1.07 bits per heavy atom. The summed E-state index contributed by atoms with van der Waals surface area (Å²) in [5.41, 5.74) is 2.55. The number of benzene rings is 2. The van der Waals surface area contributed by atoms with Crippen LogP contribution in [-0.4, -0.2) is 34.8 Å². The van der Waals surface area contributed by atoms with Crippen molar-refractivity contribution in [2.75, 3.05) is 18.4 Å². The fourth-order valence-corrected chi connectivity index (χ4v) is 3.61. The average Bonchev–Trinajstić information content (AvgIpc) is 3.06. The number of halogens is 2. The summed E-state index contributed by atoms with van der Waals surface area (Å²) < 4.78 is 1.78. The zero-order valence-corrected chi connectivity index (χ0v) is 18.1. The van der Waals surface area contributed by atoms with E-state index in [0.29, 0.717) is 29.9 Å². The molecule has 0 saturated heterocycles. The van der Waals surface area contributed by atoms with E-state index >= 15 is 0 Å². The van der Waals surface area contributed by atoms with Gasteiger partial charge in [0.2, 0.25) is 0 Å². The van der Waals surface area contributed by atoms with Crippen molar-refractivity contribution in [3.05, 3.63) is 62.7 Å². The van der Waals surface area contributed by atoms with Crippen LogP contribution in [0.5, 0.6) is 0 Å². The number of hydrogen-bond acceptors (Lipinski definition) is 2. The van der Waals surface area contributed by atoms with E-state index in [0.717, 1.165) is 19.8 Å². The Labute approximate surface area is 174 Å². The van der Waals surface area contributed by atoms with Crippen LogP contribution in [0.25, 0.3) is 10.9 Å². The molecule has 0 bridgehead atoms. The molecule has 1 aromatic heterocycles. The van der Waals surface area contributed by atoms with Crippen LogP contribution < -0.4 is 5.32 Å². The highest BCUT2D eigenvalue weighted by Crippen LogP contribution is 2.30. The van der Waals surface area contributed by atoms with E-state index in [1.165, 1.54) is 0 Å². The predicted molar refractivity (Wildman–Crippen MR) is 115 cm³/mol. The van der Waals surface area contributed by atoms with E-state index in [9.17, 15) is 9.59 Å². The number of aromatic nitrogens is 1. The minimum Gasteiger partial charge on any atom is -0.360 e. The molecule has 5 nitrogen and oxygen atoms in total. The average molecular weight is 493 g/mol. The highest BCUT2D eigenvalue weighted by atomic mass is 79.9. The van der Waals surface area contributed by atoms with Gasteiger partial charge < -0.3 is 15.2 Å². The minimum absolute atomic E-state index is 0.0445. The third kappa shape index (κ3) is 4.09. The van der Waals surface area contributed by atoms with Crippen molar-refractivity contribution in [3.8, 4) is 0 Å². The molecule has 3 rings (SSSR count). The van der Waals surface area contributed by atoms with Crippen LogP contribution in [0.2, 0.25) is 0 Å². The Morgan fingerprint density at radius 2 is 1.78 bits per heavy atom. The summed E-state index contributed by atoms with van der Waals surface area (Å²) in [6.45, 7) is 5.18. The lowest BCUT2D eigenvalue weighted by Gasteiger charge is -2.19. The lowest BCUT2D eigenvalue weighted by atomic mass is 10.1. The van der Waals surface area contributed by atoms with Gasteiger partial charge in [0.1, 0.15) is 0 Å². The molecular formula is C20H19Br2N3O2. The van der Waals surface area contributed by atoms with Crippen LogP contribution in [0.3, 0.4) is 0 Å². The molecule has 0 spiro atoms. The van der Waals surface area contributed by atoms with E-state index in [-0.39, 0.29) is 11.8 Å². The van der Waals surface area contributed by atoms with Gasteiger partial charge in [-0.15, -0.1) is 0 Å². The van der Waals surface area contributed by atoms with Gasteiger partial charge in [-0.25, -0.2) is 0 Å². The van der Waals surface area contributed by atoms with Gasteiger partial charge in [0.05, 0.1) is 5.56 Å². The Kier molecular flexibility index (Phi) is 6.01. The van der Waals surface area contributed by atoms with Crippen LogP contribution in [0, 0.1) is 0 Å². The van der Waals surface area contributed by atoms with Gasteiger partial charge in [0, 0.05) is 50.4 Å². The number of amides is 2. The maximum Gasteiger partial charge on any atom is 0.257 e. The van der Waals surface area contributed by atoms with E-state index in [1.54, 1.807) is 35.4 Å². The molecule has 2 aromatic carbocycles. The topological polar surface area (TPSA) is 65.2 Å². The maximum absolute atomic E-state index is 12.8. The highest BCUT2D eigenvalue weighted by Gasteiger charge is 2.16. The summed E-state index contributed by atoms with van der Waals surface area (Å²) in [5.74, 6) is -0.278. The number of anilines is 1. The molecule has 0 radical (unpaired) electrons. The number of nitrogens with one attached hydrogen (secondary N) is 2. The van der Waals surface area contributed by atoms with Crippen LogP contribution in [0.1, 0.15) is 34.6 Å². The first kappa shape index (κ1) is 19.6. The van der Waals surface area contributed by atoms with Gasteiger partial charge in [0.15, 0.2) is 0 Å². The molecule has 1 heterocycles. The van der Waals surface area contributed by atoms with E-state index < -0.39 is 0 Å². The molecule has 27 heavy (non-hydrogen) atoms. The zero-order chi connectivity index (χ0) is 19.6. The molecular weight excluding hydrogens is 474 g/mol. The fraction of sp³-hybridized carbons (Fsp3) is 0.200. The maximum atomic E-state index is 12.8. The Hall–Kier alpha value is -2.12. The second kappa shape index (κ2) is 8.27. The van der Waals surface area contributed by atoms with Crippen LogP contribution in [0.15, 0.2) is 51.5 Å². The van der Waals surface area contributed by atoms with Crippen molar-refractivity contribution < 1.29 is 9.59 Å². The molecule has 0 aliphatic heterocycles. The molecule has 0 aliphatic rings. The van der Waals surface area contributed by atoms with Crippen LogP contribution in [-0.2, 0) is 0 Å². The zero-order valence-electron chi connectivity index (χ0n) is 15.0. The molecule has 0 fully saturated rings. The smallest absolute Gasteiger partial charge is 0.257 e. The van der Waals surface area contributed by atoms with Crippen molar-refractivity contribution >= 4 is 60.3 Å². The monoisotopic (exact) mass is 491 g/mol. The molecule has 2 amide bonds. The van der Waals surface area contributed by atoms with Crippen LogP contribution in [0.4, 0.5) is 5.69 Å². The number of hydrogen-bond donors (Lipinski definition) is 2. The van der Waals surface area contributed by atoms with Gasteiger partial charge in [-0.3, -0.25) is 9.59 Å². The van der Waals surface area contributed by atoms with Crippen molar-refractivity contribution in [2.45, 2.75) is 13.8 Å². The SMILES string of the molecule is CCN(CC)C(=O)c1cccc(NC(=O)c2c[nH]c3cc(Br)c(Br)cc23)c1. The minimum atomic E-state index is -0.233. The fourth-order valence-electron chi connectivity index (χ4n) is 2.93. The third-order valence-corrected chi connectivity index (χ3v) is 6.23. The summed E-state index contributed by atoms with van der Waals surface area (Å²) in [6, 6.07) is 10.8. The molecule has 0 aliphatic carbocycles. The van der Waals surface area contributed by atoms with Gasteiger partial charge in [-0.2, -0.15) is 0 Å². The summed E-state index contributed by atoms with van der Waals surface area (Å²) in [4.78, 5) is 30.1. The van der Waals surface area contributed by atoms with Crippen molar-refractivity contribution in [3.63, 3.8) is 0 Å². The number of H-pyrrole nitrogens is 1. The molecule has 7 heteroatoms. The largest absolute Gasteiger partial charge is 0.360 e. The molecule has 140 valence electrons. The van der Waals surface area contributed by atoms with E-state index in [1.807, 2.05) is 26.0 Å². The molecule has 2 N–H and O–H groups in total. The van der Waals surface area contributed by atoms with Gasteiger partial charge >= 0.3 is 0 Å². The molecule has 0 atom stereocenters. The number of nitrogens with zero attached hydrogens (tertiary/aromatic N) is 1. The van der Waals surface area contributed by atoms with Crippen molar-refractivity contribution in [2.24, 2.45) is 0 Å². The van der Waals surface area contributed by atoms with Gasteiger partial charge in [0.25, 0.3) is 11.8 Å². The summed E-state index contributed by atoms with van der Waals surface area (Å²) in [7, 11) is 0. The summed E-state index contributed by atoms with van der Waals surface area (Å²) >= 11 is 6.93. The normalized spacial score (nSPS) is 10.8. The Morgan fingerprint density at radius 3 is 2.48 bits per heavy atom. The molecule has 0 saturated carbocycles.